The van der Waals surface area contributed by atoms with Gasteiger partial charge in [-0.3, -0.25) is 4.79 Å². The molecule has 5 nitrogen and oxygen atoms in total. The van der Waals surface area contributed by atoms with Crippen molar-refractivity contribution in [2.24, 2.45) is 7.05 Å². The van der Waals surface area contributed by atoms with E-state index in [0.717, 1.165) is 12.8 Å². The largest absolute Gasteiger partial charge is 0.345 e. The lowest BCUT2D eigenvalue weighted by Crippen LogP contribution is -2.43. The summed E-state index contributed by atoms with van der Waals surface area (Å²) in [5, 5.41) is 9.97. The number of carbonyl (C=O) groups excluding carboxylic acids is 1. The van der Waals surface area contributed by atoms with Gasteiger partial charge in [-0.15, -0.1) is 5.10 Å². The highest BCUT2D eigenvalue weighted by molar-refractivity contribution is 5.92. The molecule has 6 heteroatoms. The summed E-state index contributed by atoms with van der Waals surface area (Å²) in [4.78, 5) is 11.8. The highest BCUT2D eigenvalue weighted by Gasteiger charge is 2.27. The number of carbonyl (C=O) groups is 1. The molecule has 88 valence electrons. The number of alkyl halides is 1. The summed E-state index contributed by atoms with van der Waals surface area (Å²) in [5.74, 6) is -0.304. The fraction of sp³-hybridized carbons (Fsp3) is 0.700. The van der Waals surface area contributed by atoms with E-state index < -0.39 is 6.17 Å². The van der Waals surface area contributed by atoms with Crippen LogP contribution in [0.1, 0.15) is 36.2 Å². The summed E-state index contributed by atoms with van der Waals surface area (Å²) in [7, 11) is 1.63. The topological polar surface area (TPSA) is 59.8 Å². The molecule has 1 amide bonds. The Morgan fingerprint density at radius 3 is 2.94 bits per heavy atom. The number of halogens is 1. The van der Waals surface area contributed by atoms with Gasteiger partial charge in [0, 0.05) is 7.05 Å². The van der Waals surface area contributed by atoms with Crippen LogP contribution in [0.3, 0.4) is 0 Å². The van der Waals surface area contributed by atoms with Gasteiger partial charge in [-0.1, -0.05) is 18.1 Å². The Balaban J connectivity index is 1.99. The zero-order chi connectivity index (χ0) is 11.5. The Morgan fingerprint density at radius 1 is 1.56 bits per heavy atom. The molecule has 2 atom stereocenters. The third kappa shape index (κ3) is 2.20. The monoisotopic (exact) mass is 226 g/mol. The first-order valence-corrected chi connectivity index (χ1v) is 5.48. The van der Waals surface area contributed by atoms with Gasteiger partial charge in [0.05, 0.1) is 12.2 Å². The molecule has 0 saturated heterocycles. The summed E-state index contributed by atoms with van der Waals surface area (Å²) in [6, 6.07) is -0.365. The summed E-state index contributed by atoms with van der Waals surface area (Å²) < 4.78 is 14.9. The van der Waals surface area contributed by atoms with E-state index in [0.29, 0.717) is 18.5 Å². The van der Waals surface area contributed by atoms with Crippen LogP contribution in [-0.2, 0) is 7.05 Å². The van der Waals surface area contributed by atoms with Crippen molar-refractivity contribution in [1.29, 1.82) is 0 Å². The zero-order valence-electron chi connectivity index (χ0n) is 9.19. The third-order valence-corrected chi connectivity index (χ3v) is 2.95. The van der Waals surface area contributed by atoms with Crippen LogP contribution in [0.25, 0.3) is 0 Å². The van der Waals surface area contributed by atoms with Crippen LogP contribution in [0.15, 0.2) is 6.20 Å². The highest BCUT2D eigenvalue weighted by Crippen LogP contribution is 2.21. The van der Waals surface area contributed by atoms with E-state index in [-0.39, 0.29) is 11.9 Å². The molecule has 16 heavy (non-hydrogen) atoms. The van der Waals surface area contributed by atoms with Gasteiger partial charge in [0.25, 0.3) is 5.91 Å². The van der Waals surface area contributed by atoms with Gasteiger partial charge in [0.1, 0.15) is 11.9 Å². The minimum absolute atomic E-state index is 0.304. The number of nitrogens with zero attached hydrogens (tertiary/aromatic N) is 3. The first-order chi connectivity index (χ1) is 7.68. The standard InChI is InChI=1S/C10H15FN4O/c1-15-9(6-12-14-15)10(16)13-8-5-3-2-4-7(8)11/h6-8H,2-5H2,1H3,(H,13,16)/t7-,8-/m1/s1. The zero-order valence-corrected chi connectivity index (χ0v) is 9.19. The SMILES string of the molecule is Cn1nncc1C(=O)N[C@@H]1CCCC[C@H]1F. The van der Waals surface area contributed by atoms with Crippen molar-refractivity contribution in [3.63, 3.8) is 0 Å². The molecule has 0 aliphatic heterocycles. The first kappa shape index (κ1) is 11.0. The molecule has 0 spiro atoms. The molecule has 1 aromatic rings. The van der Waals surface area contributed by atoms with Crippen LogP contribution in [0.4, 0.5) is 4.39 Å². The molecule has 1 fully saturated rings. The van der Waals surface area contributed by atoms with E-state index in [9.17, 15) is 9.18 Å². The fourth-order valence-corrected chi connectivity index (χ4v) is 1.99. The number of nitrogens with one attached hydrogen (secondary N) is 1. The Kier molecular flexibility index (Phi) is 3.17. The van der Waals surface area contributed by atoms with Crippen molar-refractivity contribution < 1.29 is 9.18 Å². The molecule has 0 unspecified atom stereocenters. The van der Waals surface area contributed by atoms with Crippen LogP contribution in [-0.4, -0.2) is 33.1 Å². The smallest absolute Gasteiger partial charge is 0.271 e. The minimum Gasteiger partial charge on any atom is -0.345 e. The van der Waals surface area contributed by atoms with Crippen molar-refractivity contribution in [2.45, 2.75) is 37.9 Å². The average Bonchev–Trinajstić information content (AvgIpc) is 2.68. The Bertz CT molecular complexity index is 379. The van der Waals surface area contributed by atoms with Crippen LogP contribution in [0.5, 0.6) is 0 Å². The second kappa shape index (κ2) is 4.59. The quantitative estimate of drug-likeness (QED) is 0.812. The summed E-state index contributed by atoms with van der Waals surface area (Å²) >= 11 is 0. The summed E-state index contributed by atoms with van der Waals surface area (Å²) in [6.45, 7) is 0. The molecule has 1 saturated carbocycles. The van der Waals surface area contributed by atoms with Gasteiger partial charge >= 0.3 is 0 Å². The van der Waals surface area contributed by atoms with E-state index in [1.807, 2.05) is 0 Å². The highest BCUT2D eigenvalue weighted by atomic mass is 19.1. The minimum atomic E-state index is -0.932. The van der Waals surface area contributed by atoms with Crippen molar-refractivity contribution in [1.82, 2.24) is 20.3 Å². The molecule has 1 heterocycles. The average molecular weight is 226 g/mol. The van der Waals surface area contributed by atoms with Crippen molar-refractivity contribution in [3.8, 4) is 0 Å². The molecule has 0 radical (unpaired) electrons. The predicted molar refractivity (Wildman–Crippen MR) is 55.6 cm³/mol. The van der Waals surface area contributed by atoms with Crippen LogP contribution >= 0.6 is 0 Å². The van der Waals surface area contributed by atoms with Gasteiger partial charge in [-0.25, -0.2) is 9.07 Å². The second-order valence-corrected chi connectivity index (χ2v) is 4.12. The van der Waals surface area contributed by atoms with E-state index in [1.54, 1.807) is 7.05 Å². The molecule has 1 aliphatic rings. The summed E-state index contributed by atoms with van der Waals surface area (Å²) in [6.07, 6.45) is 3.56. The lowest BCUT2D eigenvalue weighted by molar-refractivity contribution is 0.0874. The maximum Gasteiger partial charge on any atom is 0.271 e. The van der Waals surface area contributed by atoms with E-state index >= 15 is 0 Å². The molecule has 2 rings (SSSR count). The summed E-state index contributed by atoms with van der Waals surface area (Å²) in [5.41, 5.74) is 0.359. The first-order valence-electron chi connectivity index (χ1n) is 5.48. The van der Waals surface area contributed by atoms with Crippen LogP contribution in [0.2, 0.25) is 0 Å². The molecule has 1 aliphatic carbocycles. The van der Waals surface area contributed by atoms with Crippen LogP contribution in [0, 0.1) is 0 Å². The number of hydrogen-bond acceptors (Lipinski definition) is 3. The lowest BCUT2D eigenvalue weighted by atomic mass is 9.93. The van der Waals surface area contributed by atoms with Crippen LogP contribution < -0.4 is 5.32 Å². The fourth-order valence-electron chi connectivity index (χ4n) is 1.99. The lowest BCUT2D eigenvalue weighted by Gasteiger charge is -2.26. The normalized spacial score (nSPS) is 25.4. The van der Waals surface area contributed by atoms with E-state index in [2.05, 4.69) is 15.6 Å². The van der Waals surface area contributed by atoms with Gasteiger partial charge < -0.3 is 5.32 Å². The maximum absolute atomic E-state index is 13.5. The number of hydrogen-bond donors (Lipinski definition) is 1. The molecular formula is C10H15FN4O. The molecule has 1 aromatic heterocycles. The number of aromatic nitrogens is 3. The number of aryl methyl sites for hydroxylation is 1. The maximum atomic E-state index is 13.5. The van der Waals surface area contributed by atoms with Gasteiger partial charge in [0.15, 0.2) is 0 Å². The Labute approximate surface area is 93.0 Å². The Hall–Kier alpha value is -1.46. The number of rotatable bonds is 2. The third-order valence-electron chi connectivity index (χ3n) is 2.95. The van der Waals surface area contributed by atoms with Gasteiger partial charge in [-0.2, -0.15) is 0 Å². The molecule has 0 bridgehead atoms. The molecule has 1 N–H and O–H groups in total. The predicted octanol–water partition coefficient (Wildman–Crippen LogP) is 0.826. The number of amides is 1. The van der Waals surface area contributed by atoms with Crippen molar-refractivity contribution in [3.05, 3.63) is 11.9 Å². The molecular weight excluding hydrogens is 211 g/mol. The van der Waals surface area contributed by atoms with Crippen molar-refractivity contribution >= 4 is 5.91 Å². The van der Waals surface area contributed by atoms with Gasteiger partial charge in [0.2, 0.25) is 0 Å². The Morgan fingerprint density at radius 2 is 2.31 bits per heavy atom. The second-order valence-electron chi connectivity index (χ2n) is 4.12. The molecule has 0 aromatic carbocycles. The van der Waals surface area contributed by atoms with Gasteiger partial charge in [-0.05, 0) is 12.8 Å². The van der Waals surface area contributed by atoms with E-state index in [1.165, 1.54) is 10.9 Å². The van der Waals surface area contributed by atoms with E-state index in [4.69, 9.17) is 0 Å². The van der Waals surface area contributed by atoms with Crippen molar-refractivity contribution in [2.75, 3.05) is 0 Å².